The van der Waals surface area contributed by atoms with Crippen LogP contribution in [0.2, 0.25) is 0 Å². The zero-order valence-electron chi connectivity index (χ0n) is 12.3. The molecule has 22 heavy (non-hydrogen) atoms. The molecule has 0 radical (unpaired) electrons. The zero-order valence-corrected chi connectivity index (χ0v) is 13.9. The Hall–Kier alpha value is -1.58. The molecule has 1 aromatic rings. The molecule has 0 unspecified atom stereocenters. The van der Waals surface area contributed by atoms with Gasteiger partial charge >= 0.3 is 0 Å². The van der Waals surface area contributed by atoms with E-state index < -0.39 is 10.0 Å². The van der Waals surface area contributed by atoms with Crippen LogP contribution < -0.4 is 10.0 Å². The molecule has 1 saturated heterocycles. The van der Waals surface area contributed by atoms with Crippen LogP contribution in [0.1, 0.15) is 5.56 Å². The smallest absolute Gasteiger partial charge is 0.282 e. The highest BCUT2D eigenvalue weighted by molar-refractivity contribution is 8.13. The highest BCUT2D eigenvalue weighted by Crippen LogP contribution is 2.20. The molecule has 1 aliphatic rings. The summed E-state index contributed by atoms with van der Waals surface area (Å²) in [6.07, 6.45) is 0. The first-order valence-electron chi connectivity index (χ1n) is 6.59. The van der Waals surface area contributed by atoms with Crippen molar-refractivity contribution in [3.8, 4) is 0 Å². The molecular weight excluding hydrogens is 326 g/mol. The highest BCUT2D eigenvalue weighted by atomic mass is 32.2. The van der Waals surface area contributed by atoms with Crippen LogP contribution in [0, 0.1) is 6.92 Å². The molecule has 2 amide bonds. The van der Waals surface area contributed by atoms with Crippen LogP contribution >= 0.6 is 11.8 Å². The van der Waals surface area contributed by atoms with Crippen LogP contribution in [-0.2, 0) is 14.8 Å². The topological polar surface area (TPSA) is 95.6 Å². The summed E-state index contributed by atoms with van der Waals surface area (Å²) >= 11 is 1.18. The van der Waals surface area contributed by atoms with E-state index in [0.717, 1.165) is 0 Å². The summed E-state index contributed by atoms with van der Waals surface area (Å²) in [5, 5.41) is 2.51. The minimum Gasteiger partial charge on any atom is -0.325 e. The van der Waals surface area contributed by atoms with Crippen LogP contribution in [-0.4, -0.2) is 50.4 Å². The minimum atomic E-state index is -3.59. The van der Waals surface area contributed by atoms with Crippen molar-refractivity contribution in [3.63, 3.8) is 0 Å². The van der Waals surface area contributed by atoms with Crippen molar-refractivity contribution < 1.29 is 18.0 Å². The van der Waals surface area contributed by atoms with Crippen LogP contribution in [0.15, 0.2) is 23.1 Å². The number of carbonyl (C=O) groups is 2. The third-order valence-corrected chi connectivity index (χ3v) is 5.66. The molecule has 0 saturated carbocycles. The van der Waals surface area contributed by atoms with Gasteiger partial charge in [0, 0.05) is 18.0 Å². The molecule has 2 rings (SSSR count). The second kappa shape index (κ2) is 6.67. The number of aryl methyl sites for hydroxylation is 1. The van der Waals surface area contributed by atoms with E-state index >= 15 is 0 Å². The molecule has 0 aliphatic carbocycles. The maximum atomic E-state index is 12.0. The van der Waals surface area contributed by atoms with E-state index in [1.54, 1.807) is 19.1 Å². The normalized spacial score (nSPS) is 15.2. The fraction of sp³-hybridized carbons (Fsp3) is 0.385. The van der Waals surface area contributed by atoms with E-state index in [1.807, 2.05) is 0 Å². The fourth-order valence-corrected chi connectivity index (χ4v) is 3.84. The first-order valence-corrected chi connectivity index (χ1v) is 9.06. The van der Waals surface area contributed by atoms with Crippen LogP contribution in [0.3, 0.4) is 0 Å². The lowest BCUT2D eigenvalue weighted by atomic mass is 10.2. The van der Waals surface area contributed by atoms with E-state index in [9.17, 15) is 18.0 Å². The molecule has 0 bridgehead atoms. The third-order valence-electron chi connectivity index (χ3n) is 3.21. The lowest BCUT2D eigenvalue weighted by molar-refractivity contribution is -0.116. The molecule has 7 nitrogen and oxygen atoms in total. The zero-order chi connectivity index (χ0) is 16.3. The van der Waals surface area contributed by atoms with Crippen molar-refractivity contribution in [1.82, 2.24) is 9.62 Å². The van der Waals surface area contributed by atoms with Crippen LogP contribution in [0.25, 0.3) is 0 Å². The molecule has 0 spiro atoms. The van der Waals surface area contributed by atoms with Gasteiger partial charge in [0.1, 0.15) is 6.54 Å². The Morgan fingerprint density at radius 1 is 1.41 bits per heavy atom. The maximum Gasteiger partial charge on any atom is 0.282 e. The van der Waals surface area contributed by atoms with Crippen molar-refractivity contribution in [1.29, 1.82) is 0 Å². The van der Waals surface area contributed by atoms with Crippen molar-refractivity contribution in [3.05, 3.63) is 23.8 Å². The van der Waals surface area contributed by atoms with Crippen LogP contribution in [0.5, 0.6) is 0 Å². The van der Waals surface area contributed by atoms with Crippen molar-refractivity contribution in [2.24, 2.45) is 0 Å². The van der Waals surface area contributed by atoms with E-state index in [1.165, 1.54) is 29.8 Å². The van der Waals surface area contributed by atoms with E-state index in [0.29, 0.717) is 23.5 Å². The number of anilines is 1. The molecule has 120 valence electrons. The van der Waals surface area contributed by atoms with Gasteiger partial charge in [-0.25, -0.2) is 13.1 Å². The highest BCUT2D eigenvalue weighted by Gasteiger charge is 2.23. The van der Waals surface area contributed by atoms with Gasteiger partial charge in [0.15, 0.2) is 0 Å². The number of sulfonamides is 1. The lowest BCUT2D eigenvalue weighted by Gasteiger charge is -2.15. The largest absolute Gasteiger partial charge is 0.325 e. The quantitative estimate of drug-likeness (QED) is 0.832. The number of hydrogen-bond acceptors (Lipinski definition) is 5. The Morgan fingerprint density at radius 3 is 2.73 bits per heavy atom. The first kappa shape index (κ1) is 16.8. The molecule has 0 aromatic heterocycles. The van der Waals surface area contributed by atoms with Crippen molar-refractivity contribution >= 4 is 38.6 Å². The molecule has 0 atom stereocenters. The number of nitrogens with zero attached hydrogens (tertiary/aromatic N) is 1. The Bertz CT molecular complexity index is 703. The number of carbonyl (C=O) groups excluding carboxylic acids is 2. The monoisotopic (exact) mass is 343 g/mol. The van der Waals surface area contributed by atoms with Gasteiger partial charge in [0.2, 0.25) is 15.9 Å². The Balaban J connectivity index is 2.11. The Labute approximate surface area is 133 Å². The van der Waals surface area contributed by atoms with E-state index in [2.05, 4.69) is 10.0 Å². The predicted octanol–water partition coefficient (Wildman–Crippen LogP) is 1.01. The van der Waals surface area contributed by atoms with Crippen LogP contribution in [0.4, 0.5) is 10.5 Å². The van der Waals surface area contributed by atoms with Gasteiger partial charge in [-0.3, -0.25) is 9.59 Å². The summed E-state index contributed by atoms with van der Waals surface area (Å²) in [4.78, 5) is 25.0. The molecular formula is C13H17N3O4S2. The summed E-state index contributed by atoms with van der Waals surface area (Å²) in [7, 11) is -2.26. The summed E-state index contributed by atoms with van der Waals surface area (Å²) in [5.41, 5.74) is 0.960. The number of thioether (sulfide) groups is 1. The van der Waals surface area contributed by atoms with Gasteiger partial charge in [-0.15, -0.1) is 0 Å². The second-order valence-corrected chi connectivity index (χ2v) is 7.67. The average molecular weight is 343 g/mol. The number of nitrogens with one attached hydrogen (secondary N) is 2. The van der Waals surface area contributed by atoms with Gasteiger partial charge in [0.05, 0.1) is 4.90 Å². The predicted molar refractivity (Wildman–Crippen MR) is 85.5 cm³/mol. The summed E-state index contributed by atoms with van der Waals surface area (Å²) in [6, 6.07) is 4.65. The van der Waals surface area contributed by atoms with Gasteiger partial charge in [-0.1, -0.05) is 17.8 Å². The Kier molecular flexibility index (Phi) is 5.09. The minimum absolute atomic E-state index is 0.0339. The fourth-order valence-electron chi connectivity index (χ4n) is 2.02. The number of rotatable bonds is 5. The van der Waals surface area contributed by atoms with E-state index in [-0.39, 0.29) is 22.6 Å². The molecule has 2 N–H and O–H groups in total. The summed E-state index contributed by atoms with van der Waals surface area (Å²) in [6.45, 7) is 2.19. The molecule has 1 heterocycles. The summed E-state index contributed by atoms with van der Waals surface area (Å²) < 4.78 is 26.1. The molecule has 9 heteroatoms. The number of hydrogen-bond donors (Lipinski definition) is 2. The lowest BCUT2D eigenvalue weighted by Crippen LogP contribution is -2.33. The number of benzene rings is 1. The SMILES string of the molecule is CNS(=O)(=O)c1cc(NC(=O)CN2CCSC2=O)ccc1C. The van der Waals surface area contributed by atoms with E-state index in [4.69, 9.17) is 0 Å². The van der Waals surface area contributed by atoms with Gasteiger partial charge in [0.25, 0.3) is 5.24 Å². The maximum absolute atomic E-state index is 12.0. The molecule has 1 aliphatic heterocycles. The number of amides is 2. The van der Waals surface area contributed by atoms with Crippen molar-refractivity contribution in [2.45, 2.75) is 11.8 Å². The third kappa shape index (κ3) is 3.79. The average Bonchev–Trinajstić information content (AvgIpc) is 2.86. The van der Waals surface area contributed by atoms with Gasteiger partial charge < -0.3 is 10.2 Å². The first-order chi connectivity index (χ1) is 10.3. The van der Waals surface area contributed by atoms with Gasteiger partial charge in [-0.05, 0) is 31.7 Å². The Morgan fingerprint density at radius 2 is 2.14 bits per heavy atom. The van der Waals surface area contributed by atoms with Gasteiger partial charge in [-0.2, -0.15) is 0 Å². The molecule has 1 aromatic carbocycles. The summed E-state index contributed by atoms with van der Waals surface area (Å²) in [5.74, 6) is 0.328. The van der Waals surface area contributed by atoms with Crippen molar-refractivity contribution in [2.75, 3.05) is 31.2 Å². The standard InChI is InChI=1S/C13H17N3O4S2/c1-9-3-4-10(7-11(9)22(19,20)14-2)15-12(17)8-16-5-6-21-13(16)18/h3-4,7,14H,5-6,8H2,1-2H3,(H,15,17). The molecule has 1 fully saturated rings. The second-order valence-electron chi connectivity index (χ2n) is 4.77.